The van der Waals surface area contributed by atoms with Crippen LogP contribution in [0.5, 0.6) is 0 Å². The zero-order valence-corrected chi connectivity index (χ0v) is 25.4. The molecule has 0 aliphatic carbocycles. The molecular weight excluding hydrogens is 507 g/mol. The average molecular weight is 545 g/mol. The molecule has 0 radical (unpaired) electrons. The van der Waals surface area contributed by atoms with Gasteiger partial charge in [0.2, 0.25) is 6.71 Å². The Labute approximate surface area is 250 Å². The summed E-state index contributed by atoms with van der Waals surface area (Å²) in [5.41, 5.74) is 17.4. The summed E-state index contributed by atoms with van der Waals surface area (Å²) in [4.78, 5) is 0. The van der Waals surface area contributed by atoms with Crippen LogP contribution in [-0.2, 0) is 0 Å². The summed E-state index contributed by atoms with van der Waals surface area (Å²) in [6.45, 7) is 13.6. The van der Waals surface area contributed by atoms with Gasteiger partial charge >= 0.3 is 0 Å². The Balaban J connectivity index is 1.51. The molecule has 5 aromatic carbocycles. The molecule has 1 aromatic heterocycles. The van der Waals surface area contributed by atoms with E-state index in [0.29, 0.717) is 0 Å². The molecule has 0 bridgehead atoms. The fourth-order valence-electron chi connectivity index (χ4n) is 6.72. The molecule has 0 spiro atoms. The Morgan fingerprint density at radius 3 is 1.43 bits per heavy atom. The summed E-state index contributed by atoms with van der Waals surface area (Å²) in [7, 11) is 0. The summed E-state index contributed by atoms with van der Waals surface area (Å²) in [5.74, 6) is 0. The van der Waals surface area contributed by atoms with Crippen molar-refractivity contribution >= 4 is 23.1 Å². The lowest BCUT2D eigenvalue weighted by atomic mass is 9.34. The summed E-state index contributed by atoms with van der Waals surface area (Å²) in [6.07, 6.45) is 0. The standard InChI is InChI=1S/C39H37BN2/c1-26-21-28(3)38(29(4)22-26)40(39-30(5)23-27(2)24-31(39)6)34-17-19-35(20-18-34)42-37(33-15-11-8-12-16-33)25-36(41-42)32-13-9-7-10-14-32/h7-25H,1-6H3. The number of nitrogens with zero attached hydrogens (tertiary/aromatic N) is 2. The van der Waals surface area contributed by atoms with Crippen LogP contribution in [0.3, 0.4) is 0 Å². The highest BCUT2D eigenvalue weighted by Gasteiger charge is 2.28. The van der Waals surface area contributed by atoms with Crippen molar-refractivity contribution in [3.8, 4) is 28.2 Å². The second kappa shape index (κ2) is 11.3. The minimum absolute atomic E-state index is 0.145. The van der Waals surface area contributed by atoms with E-state index >= 15 is 0 Å². The van der Waals surface area contributed by atoms with Crippen molar-refractivity contribution in [1.29, 1.82) is 0 Å². The van der Waals surface area contributed by atoms with Crippen LogP contribution in [0, 0.1) is 41.5 Å². The van der Waals surface area contributed by atoms with E-state index in [9.17, 15) is 0 Å². The Morgan fingerprint density at radius 1 is 0.500 bits per heavy atom. The second-order valence-corrected chi connectivity index (χ2v) is 11.7. The molecule has 2 nitrogen and oxygen atoms in total. The van der Waals surface area contributed by atoms with Crippen molar-refractivity contribution in [2.45, 2.75) is 41.5 Å². The number of hydrogen-bond donors (Lipinski definition) is 0. The van der Waals surface area contributed by atoms with Gasteiger partial charge in [0.05, 0.1) is 17.1 Å². The Kier molecular flexibility index (Phi) is 7.43. The first kappa shape index (κ1) is 27.5. The minimum Gasteiger partial charge on any atom is -0.232 e. The topological polar surface area (TPSA) is 17.8 Å². The third-order valence-corrected chi connectivity index (χ3v) is 8.37. The Morgan fingerprint density at radius 2 is 0.952 bits per heavy atom. The largest absolute Gasteiger partial charge is 0.242 e. The van der Waals surface area contributed by atoms with Gasteiger partial charge in [0.25, 0.3) is 0 Å². The number of aryl methyl sites for hydroxylation is 6. The summed E-state index contributed by atoms with van der Waals surface area (Å²) < 4.78 is 2.08. The molecule has 6 aromatic rings. The lowest BCUT2D eigenvalue weighted by Gasteiger charge is -2.25. The van der Waals surface area contributed by atoms with Gasteiger partial charge in [-0.25, -0.2) is 4.68 Å². The lowest BCUT2D eigenvalue weighted by molar-refractivity contribution is 0.892. The highest BCUT2D eigenvalue weighted by molar-refractivity contribution is 6.96. The van der Waals surface area contributed by atoms with Gasteiger partial charge in [-0.05, 0) is 59.7 Å². The van der Waals surface area contributed by atoms with Gasteiger partial charge in [-0.15, -0.1) is 0 Å². The molecule has 0 aliphatic heterocycles. The molecule has 0 N–H and O–H groups in total. The van der Waals surface area contributed by atoms with Gasteiger partial charge in [-0.2, -0.15) is 5.10 Å². The number of hydrogen-bond acceptors (Lipinski definition) is 1. The normalized spacial score (nSPS) is 11.1. The second-order valence-electron chi connectivity index (χ2n) is 11.7. The van der Waals surface area contributed by atoms with Crippen LogP contribution in [0.1, 0.15) is 33.4 Å². The predicted octanol–water partition coefficient (Wildman–Crippen LogP) is 7.57. The van der Waals surface area contributed by atoms with Gasteiger partial charge in [0.1, 0.15) is 0 Å². The molecule has 0 atom stereocenters. The van der Waals surface area contributed by atoms with Crippen LogP contribution < -0.4 is 16.4 Å². The third kappa shape index (κ3) is 5.23. The van der Waals surface area contributed by atoms with E-state index in [1.54, 1.807) is 0 Å². The van der Waals surface area contributed by atoms with Crippen molar-refractivity contribution in [3.05, 3.63) is 149 Å². The molecular formula is C39H37BN2. The fourth-order valence-corrected chi connectivity index (χ4v) is 6.72. The molecule has 0 aliphatic rings. The molecule has 206 valence electrons. The molecule has 0 unspecified atom stereocenters. The van der Waals surface area contributed by atoms with Crippen LogP contribution in [0.2, 0.25) is 0 Å². The summed E-state index contributed by atoms with van der Waals surface area (Å²) in [5, 5.41) is 5.11. The zero-order valence-electron chi connectivity index (χ0n) is 25.4. The highest BCUT2D eigenvalue weighted by Crippen LogP contribution is 2.28. The van der Waals surface area contributed by atoms with Gasteiger partial charge in [0, 0.05) is 11.1 Å². The van der Waals surface area contributed by atoms with Gasteiger partial charge in [-0.3, -0.25) is 0 Å². The van der Waals surface area contributed by atoms with Crippen molar-refractivity contribution in [2.75, 3.05) is 0 Å². The van der Waals surface area contributed by atoms with Crippen molar-refractivity contribution < 1.29 is 0 Å². The quantitative estimate of drug-likeness (QED) is 0.198. The monoisotopic (exact) mass is 544 g/mol. The van der Waals surface area contributed by atoms with Crippen LogP contribution in [0.25, 0.3) is 28.2 Å². The molecule has 3 heteroatoms. The van der Waals surface area contributed by atoms with Crippen LogP contribution >= 0.6 is 0 Å². The van der Waals surface area contributed by atoms with Gasteiger partial charge < -0.3 is 0 Å². The predicted molar refractivity (Wildman–Crippen MR) is 180 cm³/mol. The maximum Gasteiger partial charge on any atom is 0.242 e. The molecule has 1 heterocycles. The summed E-state index contributed by atoms with van der Waals surface area (Å²) in [6, 6.07) is 41.5. The van der Waals surface area contributed by atoms with Crippen LogP contribution in [0.4, 0.5) is 0 Å². The van der Waals surface area contributed by atoms with Crippen molar-refractivity contribution in [2.24, 2.45) is 0 Å². The maximum atomic E-state index is 5.11. The number of rotatable bonds is 6. The van der Waals surface area contributed by atoms with E-state index in [1.807, 2.05) is 6.07 Å². The van der Waals surface area contributed by atoms with E-state index in [4.69, 9.17) is 5.10 Å². The fraction of sp³-hybridized carbons (Fsp3) is 0.154. The molecule has 0 fully saturated rings. The van der Waals surface area contributed by atoms with E-state index < -0.39 is 0 Å². The highest BCUT2D eigenvalue weighted by atomic mass is 15.3. The average Bonchev–Trinajstić information content (AvgIpc) is 3.42. The first-order valence-corrected chi connectivity index (χ1v) is 14.8. The Hall–Kier alpha value is -4.63. The maximum absolute atomic E-state index is 5.11. The van der Waals surface area contributed by atoms with Crippen molar-refractivity contribution in [1.82, 2.24) is 9.78 Å². The van der Waals surface area contributed by atoms with E-state index in [2.05, 4.69) is 155 Å². The van der Waals surface area contributed by atoms with Crippen molar-refractivity contribution in [3.63, 3.8) is 0 Å². The van der Waals surface area contributed by atoms with Gasteiger partial charge in [-0.1, -0.05) is 147 Å². The summed E-state index contributed by atoms with van der Waals surface area (Å²) >= 11 is 0. The molecule has 6 rings (SSSR count). The molecule has 0 saturated carbocycles. The molecule has 0 saturated heterocycles. The first-order chi connectivity index (χ1) is 20.3. The molecule has 42 heavy (non-hydrogen) atoms. The third-order valence-electron chi connectivity index (χ3n) is 8.37. The SMILES string of the molecule is Cc1cc(C)c(B(c2ccc(-n3nc(-c4ccccc4)cc3-c3ccccc3)cc2)c2c(C)cc(C)cc2C)c(C)c1. The van der Waals surface area contributed by atoms with Gasteiger partial charge in [0.15, 0.2) is 0 Å². The van der Waals surface area contributed by atoms with E-state index in [0.717, 1.165) is 28.2 Å². The number of benzene rings is 5. The van der Waals surface area contributed by atoms with E-state index in [1.165, 1.54) is 49.8 Å². The smallest absolute Gasteiger partial charge is 0.232 e. The Bertz CT molecular complexity index is 1760. The number of aromatic nitrogens is 2. The van der Waals surface area contributed by atoms with E-state index in [-0.39, 0.29) is 6.71 Å². The zero-order chi connectivity index (χ0) is 29.4. The first-order valence-electron chi connectivity index (χ1n) is 14.8. The van der Waals surface area contributed by atoms with Crippen LogP contribution in [-0.4, -0.2) is 16.5 Å². The minimum atomic E-state index is 0.145. The molecule has 0 amide bonds. The van der Waals surface area contributed by atoms with Crippen LogP contribution in [0.15, 0.2) is 115 Å². The lowest BCUT2D eigenvalue weighted by Crippen LogP contribution is -2.55.